The summed E-state index contributed by atoms with van der Waals surface area (Å²) in [6.45, 7) is 6.21. The van der Waals surface area contributed by atoms with Gasteiger partial charge in [-0.3, -0.25) is 0 Å². The summed E-state index contributed by atoms with van der Waals surface area (Å²) in [6, 6.07) is 10.2. The van der Waals surface area contributed by atoms with E-state index in [-0.39, 0.29) is 6.10 Å². The standard InChI is InChI=1S/C16H20N2OS/c1-10(2)14(19-4)15-17-13(11(3)16(20)18-15)12-8-6-5-7-9-12/h5-10,14H,1-4H3,(H,17,18,20). The quantitative estimate of drug-likeness (QED) is 0.844. The van der Waals surface area contributed by atoms with Gasteiger partial charge >= 0.3 is 0 Å². The molecule has 2 aromatic rings. The SMILES string of the molecule is COC(c1nc(=S)c(C)c(-c2ccccc2)[nH]1)C(C)C. The van der Waals surface area contributed by atoms with Crippen molar-refractivity contribution in [1.29, 1.82) is 0 Å². The van der Waals surface area contributed by atoms with Crippen molar-refractivity contribution in [2.75, 3.05) is 7.11 Å². The molecule has 106 valence electrons. The van der Waals surface area contributed by atoms with E-state index in [0.717, 1.165) is 22.6 Å². The predicted molar refractivity (Wildman–Crippen MR) is 84.2 cm³/mol. The highest BCUT2D eigenvalue weighted by molar-refractivity contribution is 7.71. The Morgan fingerprint density at radius 3 is 2.40 bits per heavy atom. The molecule has 0 aliphatic carbocycles. The first-order valence-corrected chi connectivity index (χ1v) is 7.14. The van der Waals surface area contributed by atoms with Gasteiger partial charge in [0.25, 0.3) is 0 Å². The zero-order valence-electron chi connectivity index (χ0n) is 12.3. The summed E-state index contributed by atoms with van der Waals surface area (Å²) in [5, 5.41) is 0. The number of hydrogen-bond acceptors (Lipinski definition) is 3. The second-order valence-corrected chi connectivity index (χ2v) is 5.58. The minimum Gasteiger partial charge on any atom is -0.373 e. The minimum atomic E-state index is -0.0836. The fraction of sp³-hybridized carbons (Fsp3) is 0.375. The van der Waals surface area contributed by atoms with Gasteiger partial charge in [-0.15, -0.1) is 0 Å². The van der Waals surface area contributed by atoms with Gasteiger partial charge in [0.15, 0.2) is 0 Å². The molecule has 1 aromatic carbocycles. The summed E-state index contributed by atoms with van der Waals surface area (Å²) < 4.78 is 6.17. The zero-order chi connectivity index (χ0) is 14.7. The van der Waals surface area contributed by atoms with Gasteiger partial charge in [-0.1, -0.05) is 56.4 Å². The van der Waals surface area contributed by atoms with Crippen LogP contribution in [0.1, 0.15) is 31.3 Å². The van der Waals surface area contributed by atoms with Crippen LogP contribution in [0.5, 0.6) is 0 Å². The largest absolute Gasteiger partial charge is 0.373 e. The molecule has 2 rings (SSSR count). The van der Waals surface area contributed by atoms with Crippen molar-refractivity contribution >= 4 is 12.2 Å². The first kappa shape index (κ1) is 14.9. The monoisotopic (exact) mass is 288 g/mol. The lowest BCUT2D eigenvalue weighted by Gasteiger charge is -2.20. The summed E-state index contributed by atoms with van der Waals surface area (Å²) >= 11 is 5.40. The summed E-state index contributed by atoms with van der Waals surface area (Å²) in [5.41, 5.74) is 3.12. The number of nitrogens with one attached hydrogen (secondary N) is 1. The Labute approximate surface area is 125 Å². The van der Waals surface area contributed by atoms with Crippen LogP contribution in [0.2, 0.25) is 0 Å². The highest BCUT2D eigenvalue weighted by Crippen LogP contribution is 2.27. The van der Waals surface area contributed by atoms with Crippen LogP contribution in [-0.4, -0.2) is 17.1 Å². The van der Waals surface area contributed by atoms with E-state index < -0.39 is 0 Å². The van der Waals surface area contributed by atoms with Crippen LogP contribution < -0.4 is 0 Å². The van der Waals surface area contributed by atoms with E-state index in [0.29, 0.717) is 10.6 Å². The van der Waals surface area contributed by atoms with Crippen molar-refractivity contribution in [3.63, 3.8) is 0 Å². The van der Waals surface area contributed by atoms with Crippen LogP contribution in [0.4, 0.5) is 0 Å². The second kappa shape index (κ2) is 6.29. The van der Waals surface area contributed by atoms with E-state index in [1.165, 1.54) is 0 Å². The van der Waals surface area contributed by atoms with E-state index in [9.17, 15) is 0 Å². The Hall–Kier alpha value is -1.52. The van der Waals surface area contributed by atoms with Crippen LogP contribution in [-0.2, 0) is 4.74 Å². The first-order valence-electron chi connectivity index (χ1n) is 6.73. The van der Waals surface area contributed by atoms with Crippen molar-refractivity contribution in [2.24, 2.45) is 5.92 Å². The number of nitrogens with zero attached hydrogens (tertiary/aromatic N) is 1. The zero-order valence-corrected chi connectivity index (χ0v) is 13.1. The Balaban J connectivity index is 2.59. The normalized spacial score (nSPS) is 12.7. The van der Waals surface area contributed by atoms with Crippen LogP contribution >= 0.6 is 12.2 Å². The predicted octanol–water partition coefficient (Wildman–Crippen LogP) is 4.46. The highest BCUT2D eigenvalue weighted by Gasteiger charge is 2.19. The number of benzene rings is 1. The molecule has 0 spiro atoms. The number of aromatic nitrogens is 2. The fourth-order valence-electron chi connectivity index (χ4n) is 2.28. The number of hydrogen-bond donors (Lipinski definition) is 1. The molecule has 0 bridgehead atoms. The lowest BCUT2D eigenvalue weighted by Crippen LogP contribution is -2.14. The van der Waals surface area contributed by atoms with Gasteiger partial charge in [0.1, 0.15) is 16.6 Å². The molecule has 1 heterocycles. The van der Waals surface area contributed by atoms with Crippen molar-refractivity contribution in [3.05, 3.63) is 46.4 Å². The van der Waals surface area contributed by atoms with Gasteiger partial charge in [-0.2, -0.15) is 0 Å². The van der Waals surface area contributed by atoms with Crippen LogP contribution in [0.15, 0.2) is 30.3 Å². The molecule has 3 nitrogen and oxygen atoms in total. The van der Waals surface area contributed by atoms with Gasteiger partial charge in [0.05, 0.1) is 5.69 Å². The maximum Gasteiger partial charge on any atom is 0.137 e. The van der Waals surface area contributed by atoms with Gasteiger partial charge < -0.3 is 9.72 Å². The smallest absolute Gasteiger partial charge is 0.137 e. The number of H-pyrrole nitrogens is 1. The molecule has 1 aromatic heterocycles. The highest BCUT2D eigenvalue weighted by atomic mass is 32.1. The maximum absolute atomic E-state index is 5.54. The molecule has 0 saturated carbocycles. The fourth-order valence-corrected chi connectivity index (χ4v) is 2.48. The molecular formula is C16H20N2OS. The van der Waals surface area contributed by atoms with E-state index in [1.54, 1.807) is 7.11 Å². The Morgan fingerprint density at radius 1 is 1.20 bits per heavy atom. The lowest BCUT2D eigenvalue weighted by molar-refractivity contribution is 0.0574. The van der Waals surface area contributed by atoms with Crippen molar-refractivity contribution in [1.82, 2.24) is 9.97 Å². The molecule has 1 N–H and O–H groups in total. The van der Waals surface area contributed by atoms with Crippen molar-refractivity contribution in [3.8, 4) is 11.3 Å². The Morgan fingerprint density at radius 2 is 1.85 bits per heavy atom. The maximum atomic E-state index is 5.54. The van der Waals surface area contributed by atoms with E-state index in [2.05, 4.69) is 35.9 Å². The summed E-state index contributed by atoms with van der Waals surface area (Å²) in [7, 11) is 1.70. The van der Waals surface area contributed by atoms with Crippen LogP contribution in [0, 0.1) is 17.5 Å². The molecular weight excluding hydrogens is 268 g/mol. The van der Waals surface area contributed by atoms with Crippen molar-refractivity contribution < 1.29 is 4.74 Å². The second-order valence-electron chi connectivity index (χ2n) is 5.19. The summed E-state index contributed by atoms with van der Waals surface area (Å²) in [4.78, 5) is 7.88. The van der Waals surface area contributed by atoms with E-state index >= 15 is 0 Å². The number of aromatic amines is 1. The summed E-state index contributed by atoms with van der Waals surface area (Å²) in [5.74, 6) is 1.11. The van der Waals surface area contributed by atoms with E-state index in [1.807, 2.05) is 25.1 Å². The number of ether oxygens (including phenoxy) is 1. The first-order chi connectivity index (χ1) is 9.54. The molecule has 1 atom stereocenters. The molecule has 0 saturated heterocycles. The van der Waals surface area contributed by atoms with Gasteiger partial charge in [-0.05, 0) is 18.4 Å². The topological polar surface area (TPSA) is 37.9 Å². The van der Waals surface area contributed by atoms with Gasteiger partial charge in [0.2, 0.25) is 0 Å². The molecule has 0 amide bonds. The van der Waals surface area contributed by atoms with E-state index in [4.69, 9.17) is 17.0 Å². The molecule has 4 heteroatoms. The molecule has 20 heavy (non-hydrogen) atoms. The Bertz CT molecular complexity index is 635. The van der Waals surface area contributed by atoms with Crippen molar-refractivity contribution in [2.45, 2.75) is 26.9 Å². The Kier molecular flexibility index (Phi) is 4.68. The summed E-state index contributed by atoms with van der Waals surface area (Å²) in [6.07, 6.45) is -0.0836. The third-order valence-electron chi connectivity index (χ3n) is 3.36. The average molecular weight is 288 g/mol. The lowest BCUT2D eigenvalue weighted by atomic mass is 10.0. The average Bonchev–Trinajstić information content (AvgIpc) is 2.43. The molecule has 0 radical (unpaired) electrons. The van der Waals surface area contributed by atoms with Crippen LogP contribution in [0.3, 0.4) is 0 Å². The third-order valence-corrected chi connectivity index (χ3v) is 3.76. The van der Waals surface area contributed by atoms with Gasteiger partial charge in [0, 0.05) is 12.7 Å². The minimum absolute atomic E-state index is 0.0836. The molecule has 0 aliphatic heterocycles. The number of rotatable bonds is 4. The molecule has 1 unspecified atom stereocenters. The molecule has 0 fully saturated rings. The van der Waals surface area contributed by atoms with Crippen LogP contribution in [0.25, 0.3) is 11.3 Å². The van der Waals surface area contributed by atoms with Gasteiger partial charge in [-0.25, -0.2) is 4.98 Å². The number of methoxy groups -OCH3 is 1. The third kappa shape index (κ3) is 2.97. The molecule has 0 aliphatic rings.